The van der Waals surface area contributed by atoms with E-state index < -0.39 is 17.2 Å². The number of carbonyl (C=O) groups is 1. The molecule has 3 heterocycles. The highest BCUT2D eigenvalue weighted by molar-refractivity contribution is 5.83. The van der Waals surface area contributed by atoms with Crippen LogP contribution in [0.2, 0.25) is 0 Å². The fraction of sp³-hybridized carbons (Fsp3) is 0.750. The Morgan fingerprint density at radius 3 is 2.85 bits per heavy atom. The van der Waals surface area contributed by atoms with Crippen molar-refractivity contribution in [2.24, 2.45) is 11.3 Å². The molecule has 0 bridgehead atoms. The van der Waals surface area contributed by atoms with Crippen molar-refractivity contribution < 1.29 is 27.4 Å². The number of carbonyl (C=O) groups excluding carboxylic acids is 1. The standard InChI is InChI=1S/C24H34F3N3O3/c1-15(2)23(7-4-18(11-23)29-20-6-9-33-14-21(20)32-3)22(31)30-8-5-19-16(13-30)10-17(12-28-19)24(25,26)27/h10,12,15,18,20-21,29H,4-9,11,13-14H2,1-3H3/t18-,20-,21+,23+/m1/s1. The molecule has 1 aromatic rings. The molecule has 0 spiro atoms. The lowest BCUT2D eigenvalue weighted by molar-refractivity contribution is -0.146. The third-order valence-electron chi connectivity index (χ3n) is 7.79. The predicted molar refractivity (Wildman–Crippen MR) is 116 cm³/mol. The Morgan fingerprint density at radius 1 is 1.36 bits per heavy atom. The Hall–Kier alpha value is -1.71. The fourth-order valence-corrected chi connectivity index (χ4v) is 5.69. The number of alkyl halides is 3. The highest BCUT2D eigenvalue weighted by atomic mass is 19.4. The Labute approximate surface area is 193 Å². The van der Waals surface area contributed by atoms with Gasteiger partial charge in [0.15, 0.2) is 0 Å². The Bertz CT molecular complexity index is 863. The first kappa shape index (κ1) is 24.4. The van der Waals surface area contributed by atoms with Gasteiger partial charge in [-0.25, -0.2) is 0 Å². The third-order valence-corrected chi connectivity index (χ3v) is 7.79. The molecule has 1 saturated heterocycles. The number of amides is 1. The van der Waals surface area contributed by atoms with Crippen LogP contribution in [-0.2, 0) is 33.4 Å². The molecule has 184 valence electrons. The summed E-state index contributed by atoms with van der Waals surface area (Å²) in [6, 6.07) is 1.55. The maximum absolute atomic E-state index is 13.8. The molecule has 1 aromatic heterocycles. The second-order valence-electron chi connectivity index (χ2n) is 9.97. The van der Waals surface area contributed by atoms with Crippen LogP contribution in [0.3, 0.4) is 0 Å². The number of halogens is 3. The van der Waals surface area contributed by atoms with Crippen molar-refractivity contribution in [3.05, 3.63) is 29.1 Å². The van der Waals surface area contributed by atoms with Crippen LogP contribution in [0.1, 0.15) is 56.4 Å². The average molecular weight is 470 g/mol. The van der Waals surface area contributed by atoms with Crippen LogP contribution in [0.5, 0.6) is 0 Å². The first-order chi connectivity index (χ1) is 15.6. The topological polar surface area (TPSA) is 63.7 Å². The molecule has 2 fully saturated rings. The normalized spacial score (nSPS) is 30.5. The van der Waals surface area contributed by atoms with Gasteiger partial charge in [-0.15, -0.1) is 0 Å². The Morgan fingerprint density at radius 2 is 2.15 bits per heavy atom. The van der Waals surface area contributed by atoms with Gasteiger partial charge in [0.05, 0.1) is 23.7 Å². The molecule has 0 aromatic carbocycles. The predicted octanol–water partition coefficient (Wildman–Crippen LogP) is 3.57. The largest absolute Gasteiger partial charge is 0.417 e. The van der Waals surface area contributed by atoms with E-state index >= 15 is 0 Å². The highest BCUT2D eigenvalue weighted by Gasteiger charge is 2.50. The van der Waals surface area contributed by atoms with Gasteiger partial charge >= 0.3 is 6.18 Å². The minimum absolute atomic E-state index is 0.00238. The highest BCUT2D eigenvalue weighted by Crippen LogP contribution is 2.47. The van der Waals surface area contributed by atoms with Gasteiger partial charge in [0.2, 0.25) is 5.91 Å². The number of aromatic nitrogens is 1. The molecule has 1 amide bonds. The van der Waals surface area contributed by atoms with Gasteiger partial charge in [-0.3, -0.25) is 9.78 Å². The summed E-state index contributed by atoms with van der Waals surface area (Å²) in [4.78, 5) is 19.6. The van der Waals surface area contributed by atoms with E-state index in [1.54, 1.807) is 12.0 Å². The molecule has 3 aliphatic rings. The number of nitrogens with zero attached hydrogens (tertiary/aromatic N) is 2. The summed E-state index contributed by atoms with van der Waals surface area (Å²) < 4.78 is 50.6. The fourth-order valence-electron chi connectivity index (χ4n) is 5.69. The van der Waals surface area contributed by atoms with Crippen LogP contribution in [0, 0.1) is 11.3 Å². The number of hydrogen-bond donors (Lipinski definition) is 1. The molecule has 4 atom stereocenters. The van der Waals surface area contributed by atoms with E-state index in [1.165, 1.54) is 0 Å². The molecule has 9 heteroatoms. The summed E-state index contributed by atoms with van der Waals surface area (Å²) in [5, 5.41) is 3.72. The first-order valence-corrected chi connectivity index (χ1v) is 11.8. The Kier molecular flexibility index (Phi) is 7.03. The van der Waals surface area contributed by atoms with Crippen molar-refractivity contribution in [1.82, 2.24) is 15.2 Å². The second kappa shape index (κ2) is 9.50. The van der Waals surface area contributed by atoms with Gasteiger partial charge in [0.1, 0.15) is 0 Å². The zero-order valence-corrected chi connectivity index (χ0v) is 19.6. The average Bonchev–Trinajstić information content (AvgIpc) is 3.23. The molecule has 4 rings (SSSR count). The molecule has 1 N–H and O–H groups in total. The van der Waals surface area contributed by atoms with Gasteiger partial charge in [-0.05, 0) is 43.2 Å². The summed E-state index contributed by atoms with van der Waals surface area (Å²) in [6.45, 7) is 6.09. The summed E-state index contributed by atoms with van der Waals surface area (Å²) in [6.07, 6.45) is 0.180. The summed E-state index contributed by atoms with van der Waals surface area (Å²) in [5.74, 6) is 0.186. The summed E-state index contributed by atoms with van der Waals surface area (Å²) in [7, 11) is 1.69. The Balaban J connectivity index is 1.48. The van der Waals surface area contributed by atoms with Crippen molar-refractivity contribution in [2.45, 2.75) is 76.9 Å². The molecule has 1 saturated carbocycles. The lowest BCUT2D eigenvalue weighted by atomic mass is 9.74. The van der Waals surface area contributed by atoms with Crippen molar-refractivity contribution in [3.8, 4) is 0 Å². The van der Waals surface area contributed by atoms with Crippen LogP contribution in [0.25, 0.3) is 0 Å². The molecular weight excluding hydrogens is 435 g/mol. The van der Waals surface area contributed by atoms with Gasteiger partial charge in [0.25, 0.3) is 0 Å². The number of rotatable bonds is 5. The zero-order chi connectivity index (χ0) is 23.8. The van der Waals surface area contributed by atoms with Crippen molar-refractivity contribution in [3.63, 3.8) is 0 Å². The molecule has 2 aliphatic heterocycles. The lowest BCUT2D eigenvalue weighted by Crippen LogP contribution is -2.52. The van der Waals surface area contributed by atoms with E-state index in [0.29, 0.717) is 37.4 Å². The lowest BCUT2D eigenvalue weighted by Gasteiger charge is -2.40. The minimum Gasteiger partial charge on any atom is -0.379 e. The van der Waals surface area contributed by atoms with Crippen molar-refractivity contribution >= 4 is 5.91 Å². The molecule has 0 unspecified atom stereocenters. The van der Waals surface area contributed by atoms with Crippen LogP contribution < -0.4 is 5.32 Å². The molecule has 33 heavy (non-hydrogen) atoms. The van der Waals surface area contributed by atoms with E-state index in [1.807, 2.05) is 0 Å². The van der Waals surface area contributed by atoms with E-state index in [-0.39, 0.29) is 36.6 Å². The maximum atomic E-state index is 13.8. The summed E-state index contributed by atoms with van der Waals surface area (Å²) in [5.41, 5.74) is -0.121. The smallest absolute Gasteiger partial charge is 0.379 e. The van der Waals surface area contributed by atoms with E-state index in [9.17, 15) is 18.0 Å². The van der Waals surface area contributed by atoms with Crippen LogP contribution in [-0.4, -0.2) is 60.8 Å². The summed E-state index contributed by atoms with van der Waals surface area (Å²) >= 11 is 0. The second-order valence-corrected chi connectivity index (χ2v) is 9.97. The minimum atomic E-state index is -4.44. The van der Waals surface area contributed by atoms with Crippen LogP contribution >= 0.6 is 0 Å². The number of nitrogens with one attached hydrogen (secondary N) is 1. The monoisotopic (exact) mass is 469 g/mol. The number of fused-ring (bicyclic) bond motifs is 1. The van der Waals surface area contributed by atoms with Gasteiger partial charge in [0, 0.05) is 57.2 Å². The quantitative estimate of drug-likeness (QED) is 0.714. The molecule has 6 nitrogen and oxygen atoms in total. The van der Waals surface area contributed by atoms with E-state index in [4.69, 9.17) is 9.47 Å². The first-order valence-electron chi connectivity index (χ1n) is 11.8. The molecular formula is C24H34F3N3O3. The van der Waals surface area contributed by atoms with E-state index in [2.05, 4.69) is 24.1 Å². The van der Waals surface area contributed by atoms with E-state index in [0.717, 1.165) is 37.9 Å². The maximum Gasteiger partial charge on any atom is 0.417 e. The van der Waals surface area contributed by atoms with Crippen molar-refractivity contribution in [1.29, 1.82) is 0 Å². The number of ether oxygens (including phenoxy) is 2. The van der Waals surface area contributed by atoms with Gasteiger partial charge in [-0.2, -0.15) is 13.2 Å². The SMILES string of the molecule is CO[C@H]1COCC[C@H]1N[C@@H]1CC[C@@](C(=O)N2CCc3ncc(C(F)(F)F)cc3C2)(C(C)C)C1. The third kappa shape index (κ3) is 4.91. The number of hydrogen-bond acceptors (Lipinski definition) is 5. The van der Waals surface area contributed by atoms with Crippen molar-refractivity contribution in [2.75, 3.05) is 26.9 Å². The van der Waals surface area contributed by atoms with Crippen LogP contribution in [0.4, 0.5) is 13.2 Å². The number of methoxy groups -OCH3 is 1. The zero-order valence-electron chi connectivity index (χ0n) is 19.6. The number of pyridine rings is 1. The van der Waals surface area contributed by atoms with Gasteiger partial charge in [-0.1, -0.05) is 13.8 Å². The molecule has 1 aliphatic carbocycles. The van der Waals surface area contributed by atoms with Crippen LogP contribution in [0.15, 0.2) is 12.3 Å². The van der Waals surface area contributed by atoms with Gasteiger partial charge < -0.3 is 19.7 Å². The molecule has 0 radical (unpaired) electrons.